The molecule has 0 fully saturated rings. The third kappa shape index (κ3) is 7.89. The third-order valence-electron chi connectivity index (χ3n) is 4.92. The number of hydrogen-bond donors (Lipinski definition) is 0. The molecule has 0 aromatic heterocycles. The molecular formula is C26H32F2O. The molecule has 2 aromatic carbocycles. The molecule has 29 heavy (non-hydrogen) atoms. The predicted molar refractivity (Wildman–Crippen MR) is 116 cm³/mol. The molecule has 3 heteroatoms. The maximum Gasteiger partial charge on any atom is 0.201 e. The molecule has 0 heterocycles. The third-order valence-corrected chi connectivity index (χ3v) is 4.92. The van der Waals surface area contributed by atoms with E-state index in [1.165, 1.54) is 43.4 Å². The van der Waals surface area contributed by atoms with Crippen LogP contribution in [0, 0.1) is 23.5 Å². The van der Waals surface area contributed by atoms with Gasteiger partial charge >= 0.3 is 0 Å². The lowest BCUT2D eigenvalue weighted by Gasteiger charge is -2.08. The molecule has 0 atom stereocenters. The van der Waals surface area contributed by atoms with Crippen molar-refractivity contribution in [1.82, 2.24) is 0 Å². The van der Waals surface area contributed by atoms with Gasteiger partial charge in [0, 0.05) is 5.56 Å². The van der Waals surface area contributed by atoms with E-state index >= 15 is 0 Å². The molecule has 0 saturated heterocycles. The summed E-state index contributed by atoms with van der Waals surface area (Å²) in [5, 5.41) is 0. The zero-order valence-corrected chi connectivity index (χ0v) is 17.7. The topological polar surface area (TPSA) is 9.23 Å². The maximum atomic E-state index is 14.3. The van der Waals surface area contributed by atoms with Crippen molar-refractivity contribution in [2.75, 3.05) is 6.61 Å². The van der Waals surface area contributed by atoms with Crippen molar-refractivity contribution in [3.63, 3.8) is 0 Å². The zero-order valence-electron chi connectivity index (χ0n) is 17.7. The summed E-state index contributed by atoms with van der Waals surface area (Å²) in [4.78, 5) is 0. The van der Waals surface area contributed by atoms with Gasteiger partial charge in [0.15, 0.2) is 11.6 Å². The molecule has 0 spiro atoms. The van der Waals surface area contributed by atoms with E-state index in [0.717, 1.165) is 37.7 Å². The number of halogens is 2. The van der Waals surface area contributed by atoms with Crippen molar-refractivity contribution < 1.29 is 13.5 Å². The Hall–Kier alpha value is -2.34. The summed E-state index contributed by atoms with van der Waals surface area (Å²) in [6.45, 7) is 4.72. The van der Waals surface area contributed by atoms with Crippen molar-refractivity contribution in [1.29, 1.82) is 0 Å². The molecular weight excluding hydrogens is 366 g/mol. The largest absolute Gasteiger partial charge is 0.490 e. The lowest BCUT2D eigenvalue weighted by atomic mass is 10.0. The van der Waals surface area contributed by atoms with Crippen LogP contribution in [-0.4, -0.2) is 6.61 Å². The normalized spacial score (nSPS) is 10.5. The van der Waals surface area contributed by atoms with Crippen molar-refractivity contribution in [2.24, 2.45) is 0 Å². The Labute approximate surface area is 174 Å². The van der Waals surface area contributed by atoms with Gasteiger partial charge in [-0.1, -0.05) is 76.3 Å². The molecule has 0 N–H and O–H groups in total. The van der Waals surface area contributed by atoms with Gasteiger partial charge in [-0.05, 0) is 49.1 Å². The van der Waals surface area contributed by atoms with E-state index in [2.05, 4.69) is 37.8 Å². The Balaban J connectivity index is 1.95. The molecule has 1 nitrogen and oxygen atoms in total. The quantitative estimate of drug-likeness (QED) is 0.282. The van der Waals surface area contributed by atoms with Crippen LogP contribution in [0.15, 0.2) is 36.4 Å². The van der Waals surface area contributed by atoms with Crippen molar-refractivity contribution in [3.05, 3.63) is 64.7 Å². The van der Waals surface area contributed by atoms with Crippen molar-refractivity contribution in [2.45, 2.75) is 71.6 Å². The standard InChI is InChI=1S/C26H32F2O/c1-3-5-7-9-11-21-12-14-22(15-13-21)16-17-23-18-19-24(26(28)25(23)27)29-20-10-8-6-4-2/h12-15,18-19H,3-11,20H2,1-2H3. The number of benzene rings is 2. The van der Waals surface area contributed by atoms with E-state index in [9.17, 15) is 8.78 Å². The highest BCUT2D eigenvalue weighted by Crippen LogP contribution is 2.23. The monoisotopic (exact) mass is 398 g/mol. The molecule has 156 valence electrons. The fraction of sp³-hybridized carbons (Fsp3) is 0.462. The number of aryl methyl sites for hydroxylation is 1. The lowest BCUT2D eigenvalue weighted by molar-refractivity contribution is 0.285. The fourth-order valence-corrected chi connectivity index (χ4v) is 3.10. The van der Waals surface area contributed by atoms with Crippen molar-refractivity contribution in [3.8, 4) is 17.6 Å². The van der Waals surface area contributed by atoms with E-state index in [1.807, 2.05) is 12.1 Å². The first kappa shape index (κ1) is 22.9. The first-order valence-electron chi connectivity index (χ1n) is 10.9. The lowest BCUT2D eigenvalue weighted by Crippen LogP contribution is -2.01. The molecule has 0 unspecified atom stereocenters. The number of hydrogen-bond acceptors (Lipinski definition) is 1. The van der Waals surface area contributed by atoms with Crippen LogP contribution in [0.25, 0.3) is 0 Å². The van der Waals surface area contributed by atoms with Crippen LogP contribution >= 0.6 is 0 Å². The average Bonchev–Trinajstić information content (AvgIpc) is 2.74. The van der Waals surface area contributed by atoms with Crippen LogP contribution in [0.5, 0.6) is 5.75 Å². The molecule has 2 rings (SSSR count). The minimum absolute atomic E-state index is 0.0445. The van der Waals surface area contributed by atoms with Gasteiger partial charge in [-0.25, -0.2) is 4.39 Å². The Morgan fingerprint density at radius 1 is 0.724 bits per heavy atom. The predicted octanol–water partition coefficient (Wildman–Crippen LogP) is 7.45. The van der Waals surface area contributed by atoms with Gasteiger partial charge in [-0.15, -0.1) is 0 Å². The molecule has 0 radical (unpaired) electrons. The fourth-order valence-electron chi connectivity index (χ4n) is 3.10. The number of rotatable bonds is 11. The highest BCUT2D eigenvalue weighted by Gasteiger charge is 2.13. The van der Waals surface area contributed by atoms with Crippen LogP contribution in [0.3, 0.4) is 0 Å². The van der Waals surface area contributed by atoms with Crippen molar-refractivity contribution >= 4 is 0 Å². The summed E-state index contributed by atoms with van der Waals surface area (Å²) in [6, 6.07) is 10.9. The molecule has 0 saturated carbocycles. The summed E-state index contributed by atoms with van der Waals surface area (Å²) >= 11 is 0. The van der Waals surface area contributed by atoms with E-state index < -0.39 is 11.6 Å². The van der Waals surface area contributed by atoms with E-state index in [0.29, 0.717) is 6.61 Å². The second kappa shape index (κ2) is 13.0. The average molecular weight is 399 g/mol. The Morgan fingerprint density at radius 2 is 1.41 bits per heavy atom. The van der Waals surface area contributed by atoms with Crippen LogP contribution < -0.4 is 4.74 Å². The first-order chi connectivity index (χ1) is 14.2. The van der Waals surface area contributed by atoms with Crippen LogP contribution in [0.2, 0.25) is 0 Å². The molecule has 2 aromatic rings. The summed E-state index contributed by atoms with van der Waals surface area (Å²) in [7, 11) is 0. The van der Waals surface area contributed by atoms with Crippen LogP contribution in [0.1, 0.15) is 81.9 Å². The van der Waals surface area contributed by atoms with Gasteiger partial charge in [0.05, 0.1) is 12.2 Å². The van der Waals surface area contributed by atoms with Gasteiger partial charge in [0.1, 0.15) is 0 Å². The van der Waals surface area contributed by atoms with Gasteiger partial charge in [0.2, 0.25) is 5.82 Å². The number of unbranched alkanes of at least 4 members (excludes halogenated alkanes) is 6. The summed E-state index contributed by atoms with van der Waals surface area (Å²) in [6.07, 6.45) is 10.1. The molecule has 0 aliphatic carbocycles. The minimum atomic E-state index is -0.963. The SMILES string of the molecule is CCCCCCOc1ccc(C#Cc2ccc(CCCCCC)cc2)c(F)c1F. The Kier molecular flexibility index (Phi) is 10.3. The van der Waals surface area contributed by atoms with E-state index in [1.54, 1.807) is 0 Å². The van der Waals surface area contributed by atoms with Gasteiger partial charge in [-0.3, -0.25) is 0 Å². The summed E-state index contributed by atoms with van der Waals surface area (Å²) in [5.41, 5.74) is 2.12. The summed E-state index contributed by atoms with van der Waals surface area (Å²) in [5.74, 6) is 3.71. The van der Waals surface area contributed by atoms with Gasteiger partial charge < -0.3 is 4.74 Å². The van der Waals surface area contributed by atoms with E-state index in [-0.39, 0.29) is 11.3 Å². The second-order valence-electron chi connectivity index (χ2n) is 7.41. The van der Waals surface area contributed by atoms with Gasteiger partial charge in [-0.2, -0.15) is 4.39 Å². The zero-order chi connectivity index (χ0) is 20.9. The van der Waals surface area contributed by atoms with Crippen LogP contribution in [-0.2, 0) is 6.42 Å². The van der Waals surface area contributed by atoms with Gasteiger partial charge in [0.25, 0.3) is 0 Å². The summed E-state index contributed by atoms with van der Waals surface area (Å²) < 4.78 is 33.9. The highest BCUT2D eigenvalue weighted by atomic mass is 19.2. The smallest absolute Gasteiger partial charge is 0.201 e. The maximum absolute atomic E-state index is 14.3. The number of ether oxygens (including phenoxy) is 1. The first-order valence-corrected chi connectivity index (χ1v) is 10.9. The van der Waals surface area contributed by atoms with E-state index in [4.69, 9.17) is 4.74 Å². The molecule has 0 bridgehead atoms. The Bertz CT molecular complexity index is 800. The second-order valence-corrected chi connectivity index (χ2v) is 7.41. The minimum Gasteiger partial charge on any atom is -0.490 e. The Morgan fingerprint density at radius 3 is 2.10 bits per heavy atom. The molecule has 0 amide bonds. The van der Waals surface area contributed by atoms with Crippen LogP contribution in [0.4, 0.5) is 8.78 Å². The highest BCUT2D eigenvalue weighted by molar-refractivity contribution is 5.46. The molecule has 0 aliphatic heterocycles. The molecule has 0 aliphatic rings.